The Morgan fingerprint density at radius 1 is 1.12 bits per heavy atom. The van der Waals surface area contributed by atoms with E-state index in [1.807, 2.05) is 17.9 Å². The number of aryl methyl sites for hydroxylation is 1. The number of pyridine rings is 1. The maximum absolute atomic E-state index is 11.8. The Bertz CT molecular complexity index is 736. The molecule has 0 unspecified atom stereocenters. The van der Waals surface area contributed by atoms with E-state index in [0.29, 0.717) is 36.6 Å². The van der Waals surface area contributed by atoms with Crippen LogP contribution in [0.3, 0.4) is 0 Å². The Balaban J connectivity index is 2.45. The van der Waals surface area contributed by atoms with E-state index in [2.05, 4.69) is 48.0 Å². The second-order valence-corrected chi connectivity index (χ2v) is 7.19. The zero-order chi connectivity index (χ0) is 19.3. The molecule has 0 saturated carbocycles. The summed E-state index contributed by atoms with van der Waals surface area (Å²) in [7, 11) is 0. The first-order valence-corrected chi connectivity index (χ1v) is 8.72. The largest absolute Gasteiger partial charge is 0.353 e. The van der Waals surface area contributed by atoms with E-state index in [0.717, 1.165) is 5.56 Å². The van der Waals surface area contributed by atoms with E-state index in [4.69, 9.17) is 0 Å². The molecule has 0 saturated heterocycles. The fourth-order valence-corrected chi connectivity index (χ4v) is 2.65. The molecule has 1 N–H and O–H groups in total. The van der Waals surface area contributed by atoms with Crippen molar-refractivity contribution in [1.82, 2.24) is 15.0 Å². The maximum atomic E-state index is 11.8. The van der Waals surface area contributed by atoms with Crippen LogP contribution >= 0.6 is 0 Å². The van der Waals surface area contributed by atoms with Gasteiger partial charge in [-0.15, -0.1) is 0 Å². The van der Waals surface area contributed by atoms with Crippen LogP contribution in [0.1, 0.15) is 33.3 Å². The smallest absolute Gasteiger partial charge is 0.350 e. The van der Waals surface area contributed by atoms with Gasteiger partial charge in [0.1, 0.15) is 12.1 Å². The zero-order valence-electron chi connectivity index (χ0n) is 15.9. The summed E-state index contributed by atoms with van der Waals surface area (Å²) in [6.45, 7) is 11.6. The molecule has 8 nitrogen and oxygen atoms in total. The van der Waals surface area contributed by atoms with Gasteiger partial charge in [0.15, 0.2) is 0 Å². The molecule has 2 aromatic rings. The second-order valence-electron chi connectivity index (χ2n) is 7.19. The van der Waals surface area contributed by atoms with Crippen LogP contribution in [-0.4, -0.2) is 33.0 Å². The predicted octanol–water partition coefficient (Wildman–Crippen LogP) is 3.95. The van der Waals surface area contributed by atoms with Gasteiger partial charge in [0.05, 0.1) is 4.92 Å². The molecule has 2 aromatic heterocycles. The molecule has 0 atom stereocenters. The van der Waals surface area contributed by atoms with Crippen LogP contribution in [0.5, 0.6) is 0 Å². The van der Waals surface area contributed by atoms with E-state index in [-0.39, 0.29) is 11.5 Å². The Morgan fingerprint density at radius 3 is 2.27 bits per heavy atom. The molecule has 0 aliphatic rings. The molecule has 0 spiro atoms. The molecular formula is C18H26N6O2. The van der Waals surface area contributed by atoms with Gasteiger partial charge in [0.2, 0.25) is 11.6 Å². The van der Waals surface area contributed by atoms with Crippen molar-refractivity contribution in [2.24, 2.45) is 11.8 Å². The Labute approximate surface area is 153 Å². The highest BCUT2D eigenvalue weighted by Crippen LogP contribution is 2.34. The Kier molecular flexibility index (Phi) is 6.43. The van der Waals surface area contributed by atoms with Crippen LogP contribution in [0.2, 0.25) is 0 Å². The van der Waals surface area contributed by atoms with Gasteiger partial charge in [-0.3, -0.25) is 10.1 Å². The molecule has 26 heavy (non-hydrogen) atoms. The van der Waals surface area contributed by atoms with Gasteiger partial charge in [0.25, 0.3) is 0 Å². The summed E-state index contributed by atoms with van der Waals surface area (Å²) in [5.41, 5.74) is 0.879. The van der Waals surface area contributed by atoms with Crippen molar-refractivity contribution in [3.63, 3.8) is 0 Å². The zero-order valence-corrected chi connectivity index (χ0v) is 15.9. The average molecular weight is 358 g/mol. The summed E-state index contributed by atoms with van der Waals surface area (Å²) in [5, 5.41) is 14.8. The highest BCUT2D eigenvalue weighted by Gasteiger charge is 2.28. The normalized spacial score (nSPS) is 11.0. The molecular weight excluding hydrogens is 332 g/mol. The number of aromatic nitrogens is 3. The van der Waals surface area contributed by atoms with Gasteiger partial charge in [-0.25, -0.2) is 15.0 Å². The SMILES string of the molecule is Cc1ccc(Nc2ncnc(N(CC(C)C)CC(C)C)c2[N+](=O)[O-])nc1. The average Bonchev–Trinajstić information content (AvgIpc) is 2.55. The van der Waals surface area contributed by atoms with Gasteiger partial charge >= 0.3 is 5.69 Å². The lowest BCUT2D eigenvalue weighted by Gasteiger charge is -2.27. The van der Waals surface area contributed by atoms with Crippen LogP contribution in [0, 0.1) is 28.9 Å². The fraction of sp³-hybridized carbons (Fsp3) is 0.500. The monoisotopic (exact) mass is 358 g/mol. The summed E-state index contributed by atoms with van der Waals surface area (Å²) in [4.78, 5) is 25.9. The van der Waals surface area contributed by atoms with E-state index < -0.39 is 4.92 Å². The third kappa shape index (κ3) is 5.11. The van der Waals surface area contributed by atoms with Crippen LogP contribution in [0.15, 0.2) is 24.7 Å². The standard InChI is InChI=1S/C18H26N6O2/c1-12(2)9-23(10-13(3)4)18-16(24(25)26)17(20-11-21-18)22-15-7-6-14(5)8-19-15/h6-8,11-13H,9-10H2,1-5H3,(H,19,20,21,22). The van der Waals surface area contributed by atoms with E-state index >= 15 is 0 Å². The highest BCUT2D eigenvalue weighted by atomic mass is 16.6. The highest BCUT2D eigenvalue weighted by molar-refractivity contribution is 5.73. The summed E-state index contributed by atoms with van der Waals surface area (Å²) in [5.74, 6) is 1.68. The Hall–Kier alpha value is -2.77. The van der Waals surface area contributed by atoms with Gasteiger partial charge in [-0.2, -0.15) is 0 Å². The second kappa shape index (κ2) is 8.55. The minimum atomic E-state index is -0.431. The van der Waals surface area contributed by atoms with E-state index in [1.54, 1.807) is 12.3 Å². The number of rotatable bonds is 8. The predicted molar refractivity (Wildman–Crippen MR) is 103 cm³/mol. The van der Waals surface area contributed by atoms with Crippen LogP contribution < -0.4 is 10.2 Å². The van der Waals surface area contributed by atoms with E-state index in [9.17, 15) is 10.1 Å². The lowest BCUT2D eigenvalue weighted by Crippen LogP contribution is -2.32. The first-order chi connectivity index (χ1) is 12.3. The number of hydrogen-bond acceptors (Lipinski definition) is 7. The van der Waals surface area contributed by atoms with Gasteiger partial charge in [-0.05, 0) is 30.4 Å². The third-order valence-electron chi connectivity index (χ3n) is 3.61. The number of hydrogen-bond donors (Lipinski definition) is 1. The molecule has 0 aliphatic heterocycles. The van der Waals surface area contributed by atoms with Crippen molar-refractivity contribution in [3.05, 3.63) is 40.3 Å². The van der Waals surface area contributed by atoms with Crippen molar-refractivity contribution < 1.29 is 4.92 Å². The molecule has 0 bridgehead atoms. The first-order valence-electron chi connectivity index (χ1n) is 8.72. The van der Waals surface area contributed by atoms with Crippen molar-refractivity contribution in [2.45, 2.75) is 34.6 Å². The van der Waals surface area contributed by atoms with Crippen molar-refractivity contribution in [3.8, 4) is 0 Å². The number of nitrogens with zero attached hydrogens (tertiary/aromatic N) is 5. The quantitative estimate of drug-likeness (QED) is 0.563. The summed E-state index contributed by atoms with van der Waals surface area (Å²) >= 11 is 0. The minimum Gasteiger partial charge on any atom is -0.350 e. The molecule has 0 radical (unpaired) electrons. The first kappa shape index (κ1) is 19.6. The third-order valence-corrected chi connectivity index (χ3v) is 3.61. The number of nitrogens with one attached hydrogen (secondary N) is 1. The van der Waals surface area contributed by atoms with Gasteiger partial charge < -0.3 is 10.2 Å². The lowest BCUT2D eigenvalue weighted by molar-refractivity contribution is -0.383. The van der Waals surface area contributed by atoms with Crippen molar-refractivity contribution in [1.29, 1.82) is 0 Å². The van der Waals surface area contributed by atoms with Crippen molar-refractivity contribution in [2.75, 3.05) is 23.3 Å². The molecule has 2 rings (SSSR count). The van der Waals surface area contributed by atoms with Crippen LogP contribution in [0.25, 0.3) is 0 Å². The molecule has 0 aromatic carbocycles. The summed E-state index contributed by atoms with van der Waals surface area (Å²) < 4.78 is 0. The molecule has 0 amide bonds. The number of anilines is 3. The maximum Gasteiger partial charge on any atom is 0.353 e. The summed E-state index contributed by atoms with van der Waals surface area (Å²) in [6.07, 6.45) is 3.05. The molecule has 140 valence electrons. The van der Waals surface area contributed by atoms with Gasteiger partial charge in [-0.1, -0.05) is 33.8 Å². The minimum absolute atomic E-state index is 0.129. The fourth-order valence-electron chi connectivity index (χ4n) is 2.65. The van der Waals surface area contributed by atoms with Gasteiger partial charge in [0, 0.05) is 19.3 Å². The summed E-state index contributed by atoms with van der Waals surface area (Å²) in [6, 6.07) is 3.65. The van der Waals surface area contributed by atoms with E-state index in [1.165, 1.54) is 6.33 Å². The van der Waals surface area contributed by atoms with Crippen LogP contribution in [0.4, 0.5) is 23.1 Å². The number of nitro groups is 1. The lowest BCUT2D eigenvalue weighted by atomic mass is 10.1. The molecule has 2 heterocycles. The molecule has 0 fully saturated rings. The molecule has 8 heteroatoms. The topological polar surface area (TPSA) is 97.1 Å². The van der Waals surface area contributed by atoms with Crippen LogP contribution in [-0.2, 0) is 0 Å². The Morgan fingerprint density at radius 2 is 1.77 bits per heavy atom. The van der Waals surface area contributed by atoms with Crippen molar-refractivity contribution >= 4 is 23.1 Å². The molecule has 0 aliphatic carbocycles.